The number of phenols is 1. The second kappa shape index (κ2) is 17.3. The third kappa shape index (κ3) is 13.1. The fraction of sp³-hybridized carbons (Fsp3) is 0.600. The number of hydrogen-bond donors (Lipinski definition) is 3. The molecule has 0 saturated carbocycles. The van der Waals surface area contributed by atoms with Gasteiger partial charge in [0, 0.05) is 12.8 Å². The highest BCUT2D eigenvalue weighted by molar-refractivity contribution is 6.35. The van der Waals surface area contributed by atoms with Crippen molar-refractivity contribution in [2.45, 2.75) is 130 Å². The highest BCUT2D eigenvalue weighted by atomic mass is 16.5. The molecule has 0 radical (unpaired) electrons. The van der Waals surface area contributed by atoms with E-state index in [0.717, 1.165) is 33.4 Å². The van der Waals surface area contributed by atoms with E-state index in [9.17, 15) is 29.2 Å². The van der Waals surface area contributed by atoms with Gasteiger partial charge in [-0.1, -0.05) is 107 Å². The van der Waals surface area contributed by atoms with Crippen LogP contribution in [0.15, 0.2) is 29.4 Å². The lowest BCUT2D eigenvalue weighted by Gasteiger charge is -2.28. The predicted octanol–water partition coefficient (Wildman–Crippen LogP) is 6.86. The largest absolute Gasteiger partial charge is 0.507 e. The van der Waals surface area contributed by atoms with Crippen LogP contribution in [0.1, 0.15) is 129 Å². The summed E-state index contributed by atoms with van der Waals surface area (Å²) in [4.78, 5) is 60.9. The minimum Gasteiger partial charge on any atom is -0.507 e. The van der Waals surface area contributed by atoms with E-state index >= 15 is 0 Å². The van der Waals surface area contributed by atoms with Crippen LogP contribution in [-0.2, 0) is 63.2 Å². The van der Waals surface area contributed by atoms with Gasteiger partial charge in [0.1, 0.15) is 24.7 Å². The third-order valence-electron chi connectivity index (χ3n) is 8.41. The van der Waals surface area contributed by atoms with Crippen LogP contribution in [0.4, 0.5) is 5.69 Å². The van der Waals surface area contributed by atoms with Gasteiger partial charge in [0.05, 0.1) is 13.1 Å². The monoisotopic (exact) mass is 709 g/mol. The Balaban J connectivity index is 1.76. The lowest BCUT2D eigenvalue weighted by atomic mass is 9.77. The lowest BCUT2D eigenvalue weighted by Crippen LogP contribution is -2.42. The van der Waals surface area contributed by atoms with Gasteiger partial charge in [-0.05, 0) is 73.1 Å². The summed E-state index contributed by atoms with van der Waals surface area (Å²) in [5.41, 5.74) is 4.33. The van der Waals surface area contributed by atoms with Crippen LogP contribution in [-0.4, -0.2) is 55.2 Å². The van der Waals surface area contributed by atoms with Crippen molar-refractivity contribution in [3.05, 3.63) is 62.6 Å². The first kappa shape index (κ1) is 42.9. The average Bonchev–Trinajstić information content (AvgIpc) is 3.00. The maximum absolute atomic E-state index is 12.4. The Morgan fingerprint density at radius 1 is 0.588 bits per heavy atom. The minimum absolute atomic E-state index is 0.0493. The molecule has 0 saturated heterocycles. The van der Waals surface area contributed by atoms with Crippen molar-refractivity contribution >= 4 is 29.4 Å². The summed E-state index contributed by atoms with van der Waals surface area (Å²) in [7, 11) is 0. The van der Waals surface area contributed by atoms with Gasteiger partial charge in [-0.15, -0.1) is 4.91 Å². The molecule has 0 bridgehead atoms. The molecule has 282 valence electrons. The number of aryl methyl sites for hydroxylation is 2. The third-order valence-corrected chi connectivity index (χ3v) is 8.41. The molecule has 2 aromatic rings. The van der Waals surface area contributed by atoms with Gasteiger partial charge in [-0.2, -0.15) is 0 Å². The molecule has 11 nitrogen and oxygen atoms in total. The van der Waals surface area contributed by atoms with Crippen LogP contribution in [0, 0.1) is 4.91 Å². The highest BCUT2D eigenvalue weighted by Gasteiger charge is 2.28. The van der Waals surface area contributed by atoms with Crippen LogP contribution >= 0.6 is 0 Å². The van der Waals surface area contributed by atoms with Crippen molar-refractivity contribution in [2.24, 2.45) is 5.18 Å². The predicted molar refractivity (Wildman–Crippen MR) is 199 cm³/mol. The summed E-state index contributed by atoms with van der Waals surface area (Å²) < 4.78 is 10.5. The Morgan fingerprint density at radius 3 is 1.20 bits per heavy atom. The fourth-order valence-corrected chi connectivity index (χ4v) is 5.52. The smallest absolute Gasteiger partial charge is 0.309 e. The Kier molecular flexibility index (Phi) is 14.5. The number of aromatic hydroxyl groups is 1. The van der Waals surface area contributed by atoms with Crippen molar-refractivity contribution in [3.8, 4) is 5.75 Å². The van der Waals surface area contributed by atoms with E-state index in [0.29, 0.717) is 18.5 Å². The van der Waals surface area contributed by atoms with Crippen LogP contribution < -0.4 is 10.6 Å². The summed E-state index contributed by atoms with van der Waals surface area (Å²) in [6.45, 7) is 23.9. The minimum atomic E-state index is -0.901. The second-order valence-corrected chi connectivity index (χ2v) is 17.1. The topological polar surface area (TPSA) is 160 Å². The molecular weight excluding hydrogens is 650 g/mol. The first-order valence-electron chi connectivity index (χ1n) is 17.6. The van der Waals surface area contributed by atoms with Gasteiger partial charge in [0.2, 0.25) is 0 Å². The zero-order chi connectivity index (χ0) is 38.9. The number of hydrogen-bond acceptors (Lipinski definition) is 9. The number of esters is 2. The number of rotatable bonds is 13. The van der Waals surface area contributed by atoms with Gasteiger partial charge in [0.25, 0.3) is 0 Å². The molecule has 0 fully saturated rings. The Hall–Kier alpha value is -4.28. The zero-order valence-corrected chi connectivity index (χ0v) is 32.7. The summed E-state index contributed by atoms with van der Waals surface area (Å²) in [6, 6.07) is 7.69. The van der Waals surface area contributed by atoms with E-state index in [1.54, 1.807) is 0 Å². The summed E-state index contributed by atoms with van der Waals surface area (Å²) in [5.74, 6) is -2.43. The molecule has 11 heteroatoms. The molecule has 2 rings (SSSR count). The van der Waals surface area contributed by atoms with Crippen LogP contribution in [0.25, 0.3) is 0 Å². The molecule has 0 aromatic heterocycles. The van der Waals surface area contributed by atoms with Gasteiger partial charge in [0.15, 0.2) is 0 Å². The maximum Gasteiger partial charge on any atom is 0.309 e. The molecule has 0 aliphatic rings. The van der Waals surface area contributed by atoms with Gasteiger partial charge in [-0.25, -0.2) is 0 Å². The Morgan fingerprint density at radius 2 is 0.902 bits per heavy atom. The van der Waals surface area contributed by atoms with E-state index in [2.05, 4.69) is 15.8 Å². The molecule has 2 amide bonds. The van der Waals surface area contributed by atoms with E-state index in [-0.39, 0.29) is 66.6 Å². The number of amides is 2. The first-order valence-corrected chi connectivity index (χ1v) is 17.6. The van der Waals surface area contributed by atoms with Crippen molar-refractivity contribution in [2.75, 3.05) is 26.3 Å². The second-order valence-electron chi connectivity index (χ2n) is 17.1. The molecule has 0 aliphatic carbocycles. The fourth-order valence-electron chi connectivity index (χ4n) is 5.52. The molecule has 0 heterocycles. The summed E-state index contributed by atoms with van der Waals surface area (Å²) >= 11 is 0. The number of phenolic OH excluding ortho intramolecular Hbond substituents is 1. The number of ether oxygens (including phenoxy) is 2. The lowest BCUT2D eigenvalue weighted by molar-refractivity contribution is -0.145. The molecule has 2 aromatic carbocycles. The van der Waals surface area contributed by atoms with Crippen molar-refractivity contribution in [3.63, 3.8) is 0 Å². The highest BCUT2D eigenvalue weighted by Crippen LogP contribution is 2.41. The summed E-state index contributed by atoms with van der Waals surface area (Å²) in [6.07, 6.45) is 1.04. The van der Waals surface area contributed by atoms with Crippen LogP contribution in [0.2, 0.25) is 0 Å². The van der Waals surface area contributed by atoms with Crippen molar-refractivity contribution in [1.82, 2.24) is 10.6 Å². The molecular formula is C40H59N3O8. The standard InChI is InChI=1S/C40H59N3O8/c1-37(2,3)27-21-25(22-28(33(27)43-49)38(4,5)6)13-15-31(44)50-19-17-41-35(47)36(48)42-18-20-51-32(45)16-14-26-23-29(39(7,8)9)34(46)30(24-26)40(10,11)12/h21-24,46H,13-20H2,1-12H3,(H,41,47)(H,42,48). The van der Waals surface area contributed by atoms with Gasteiger partial charge in [-0.3, -0.25) is 19.2 Å². The molecule has 3 N–H and O–H groups in total. The van der Waals surface area contributed by atoms with E-state index in [1.165, 1.54) is 0 Å². The van der Waals surface area contributed by atoms with Crippen LogP contribution in [0.5, 0.6) is 5.75 Å². The SMILES string of the molecule is CC(C)(C)c1cc(CCC(=O)OCCNC(=O)C(=O)NCCOC(=O)CCc2cc(C(C)(C)C)c(N=O)c(C(C)(C)C)c2)cc(C(C)(C)C)c1O. The first-order chi connectivity index (χ1) is 23.4. The molecule has 51 heavy (non-hydrogen) atoms. The summed E-state index contributed by atoms with van der Waals surface area (Å²) in [5, 5.41) is 19.1. The average molecular weight is 710 g/mol. The van der Waals surface area contributed by atoms with Crippen LogP contribution in [0.3, 0.4) is 0 Å². The quantitative estimate of drug-likeness (QED) is 0.0880. The molecule has 0 atom stereocenters. The van der Waals surface area contributed by atoms with Crippen molar-refractivity contribution in [1.29, 1.82) is 0 Å². The van der Waals surface area contributed by atoms with Gasteiger partial charge < -0.3 is 25.2 Å². The van der Waals surface area contributed by atoms with E-state index in [4.69, 9.17) is 9.47 Å². The number of carbonyl (C=O) groups excluding carboxylic acids is 4. The molecule has 0 spiro atoms. The number of nitrogens with one attached hydrogen (secondary N) is 2. The molecule has 0 aliphatic heterocycles. The maximum atomic E-state index is 12.4. The molecule has 0 unspecified atom stereocenters. The number of nitrogens with zero attached hydrogens (tertiary/aromatic N) is 1. The number of benzene rings is 2. The van der Waals surface area contributed by atoms with Crippen molar-refractivity contribution < 1.29 is 33.8 Å². The van der Waals surface area contributed by atoms with Gasteiger partial charge >= 0.3 is 23.8 Å². The number of nitroso groups, excluding NO2 is 1. The van der Waals surface area contributed by atoms with E-state index < -0.39 is 23.8 Å². The zero-order valence-electron chi connectivity index (χ0n) is 32.7. The normalized spacial score (nSPS) is 12.2. The number of carbonyl (C=O) groups is 4. The Bertz CT molecular complexity index is 1510. The Labute approximate surface area is 303 Å². The van der Waals surface area contributed by atoms with E-state index in [1.807, 2.05) is 107 Å².